The van der Waals surface area contributed by atoms with E-state index < -0.39 is 0 Å². The molecule has 0 bridgehead atoms. The van der Waals surface area contributed by atoms with E-state index in [0.29, 0.717) is 12.4 Å². The number of nitrogens with one attached hydrogen (secondary N) is 1. The highest BCUT2D eigenvalue weighted by Gasteiger charge is 2.10. The lowest BCUT2D eigenvalue weighted by Gasteiger charge is -2.10. The van der Waals surface area contributed by atoms with E-state index in [1.165, 1.54) is 0 Å². The van der Waals surface area contributed by atoms with Crippen molar-refractivity contribution in [1.29, 1.82) is 0 Å². The minimum absolute atomic E-state index is 0.373. The predicted molar refractivity (Wildman–Crippen MR) is 74.3 cm³/mol. The summed E-state index contributed by atoms with van der Waals surface area (Å²) < 4.78 is 10.5. The predicted octanol–water partition coefficient (Wildman–Crippen LogP) is 2.34. The molecular weight excluding hydrogens is 242 g/mol. The fourth-order valence-electron chi connectivity index (χ4n) is 1.81. The van der Waals surface area contributed by atoms with Crippen LogP contribution in [0.25, 0.3) is 11.3 Å². The van der Waals surface area contributed by atoms with E-state index in [9.17, 15) is 0 Å². The summed E-state index contributed by atoms with van der Waals surface area (Å²) in [5.41, 5.74) is 1.74. The van der Waals surface area contributed by atoms with Crippen LogP contribution in [0, 0.1) is 0 Å². The molecular formula is C14H17N3O2. The van der Waals surface area contributed by atoms with Gasteiger partial charge >= 0.3 is 0 Å². The van der Waals surface area contributed by atoms with Crippen LogP contribution >= 0.6 is 0 Å². The molecule has 0 saturated carbocycles. The summed E-state index contributed by atoms with van der Waals surface area (Å²) in [5.74, 6) is 2.17. The van der Waals surface area contributed by atoms with E-state index in [1.807, 2.05) is 37.4 Å². The van der Waals surface area contributed by atoms with Gasteiger partial charge in [-0.2, -0.15) is 0 Å². The highest BCUT2D eigenvalue weighted by Crippen LogP contribution is 2.29. The number of hydrogen-bond acceptors (Lipinski definition) is 5. The first kappa shape index (κ1) is 13.3. The van der Waals surface area contributed by atoms with E-state index in [0.717, 1.165) is 22.8 Å². The van der Waals surface area contributed by atoms with Gasteiger partial charge in [0.05, 0.1) is 12.8 Å². The number of rotatable bonds is 5. The molecule has 0 radical (unpaired) electrons. The Hall–Kier alpha value is -2.14. The average molecular weight is 259 g/mol. The molecule has 0 fully saturated rings. The van der Waals surface area contributed by atoms with Gasteiger partial charge in [0, 0.05) is 25.8 Å². The summed E-state index contributed by atoms with van der Waals surface area (Å²) in [4.78, 5) is 8.83. The Balaban J connectivity index is 2.51. The molecule has 2 rings (SSSR count). The summed E-state index contributed by atoms with van der Waals surface area (Å²) in [6.45, 7) is 0.373. The first-order valence-corrected chi connectivity index (χ1v) is 5.96. The quantitative estimate of drug-likeness (QED) is 0.893. The van der Waals surface area contributed by atoms with Gasteiger partial charge in [0.2, 0.25) is 0 Å². The van der Waals surface area contributed by atoms with Crippen LogP contribution in [0.1, 0.15) is 5.82 Å². The first-order valence-electron chi connectivity index (χ1n) is 5.96. The number of aromatic nitrogens is 2. The van der Waals surface area contributed by atoms with Gasteiger partial charge in [-0.15, -0.1) is 0 Å². The average Bonchev–Trinajstić information content (AvgIpc) is 2.47. The lowest BCUT2D eigenvalue weighted by molar-refractivity contribution is 0.178. The Labute approximate surface area is 112 Å². The second kappa shape index (κ2) is 6.15. The van der Waals surface area contributed by atoms with Gasteiger partial charge in [-0.1, -0.05) is 12.1 Å². The maximum atomic E-state index is 5.36. The van der Waals surface area contributed by atoms with Gasteiger partial charge in [0.15, 0.2) is 5.82 Å². The van der Waals surface area contributed by atoms with Gasteiger partial charge in [-0.25, -0.2) is 9.97 Å². The van der Waals surface area contributed by atoms with Crippen molar-refractivity contribution in [2.75, 3.05) is 26.6 Å². The minimum atomic E-state index is 0.373. The zero-order valence-electron chi connectivity index (χ0n) is 11.3. The monoisotopic (exact) mass is 259 g/mol. The number of ether oxygens (including phenoxy) is 2. The van der Waals surface area contributed by atoms with Gasteiger partial charge in [0.25, 0.3) is 0 Å². The topological polar surface area (TPSA) is 56.3 Å². The van der Waals surface area contributed by atoms with Gasteiger partial charge in [0.1, 0.15) is 18.2 Å². The molecule has 1 heterocycles. The molecule has 1 N–H and O–H groups in total. The fraction of sp³-hybridized carbons (Fsp3) is 0.286. The molecule has 5 nitrogen and oxygen atoms in total. The zero-order valence-corrected chi connectivity index (χ0v) is 11.3. The second-order valence-corrected chi connectivity index (χ2v) is 3.94. The highest BCUT2D eigenvalue weighted by atomic mass is 16.5. The molecule has 2 aromatic rings. The summed E-state index contributed by atoms with van der Waals surface area (Å²) in [7, 11) is 5.10. The molecule has 0 saturated heterocycles. The van der Waals surface area contributed by atoms with Crippen LogP contribution in [0.2, 0.25) is 0 Å². The molecule has 0 aliphatic heterocycles. The van der Waals surface area contributed by atoms with Crippen molar-refractivity contribution in [2.45, 2.75) is 6.61 Å². The van der Waals surface area contributed by atoms with Gasteiger partial charge in [-0.3, -0.25) is 0 Å². The number of hydrogen-bond donors (Lipinski definition) is 1. The lowest BCUT2D eigenvalue weighted by Crippen LogP contribution is -2.03. The molecule has 0 unspecified atom stereocenters. The van der Waals surface area contributed by atoms with E-state index in [2.05, 4.69) is 15.3 Å². The summed E-state index contributed by atoms with van der Waals surface area (Å²) in [5, 5.41) is 3.03. The molecule has 19 heavy (non-hydrogen) atoms. The standard InChI is InChI=1S/C14H17N3O2/c1-15-13-8-11(16-14(17-13)9-18-2)10-6-4-5-7-12(10)19-3/h4-8H,9H2,1-3H3,(H,15,16,17). The van der Waals surface area contributed by atoms with Crippen LogP contribution in [-0.4, -0.2) is 31.2 Å². The molecule has 1 aromatic carbocycles. The molecule has 5 heteroatoms. The largest absolute Gasteiger partial charge is 0.496 e. The summed E-state index contributed by atoms with van der Waals surface area (Å²) >= 11 is 0. The van der Waals surface area contributed by atoms with Gasteiger partial charge < -0.3 is 14.8 Å². The number of anilines is 1. The van der Waals surface area contributed by atoms with Crippen LogP contribution in [0.15, 0.2) is 30.3 Å². The van der Waals surface area contributed by atoms with Crippen molar-refractivity contribution in [3.63, 3.8) is 0 Å². The van der Waals surface area contributed by atoms with Crippen molar-refractivity contribution in [3.8, 4) is 17.0 Å². The smallest absolute Gasteiger partial charge is 0.157 e. The zero-order chi connectivity index (χ0) is 13.7. The Morgan fingerprint density at radius 1 is 1.16 bits per heavy atom. The third-order valence-electron chi connectivity index (χ3n) is 2.68. The molecule has 0 aliphatic rings. The summed E-state index contributed by atoms with van der Waals surface area (Å²) in [6.07, 6.45) is 0. The van der Waals surface area contributed by atoms with Crippen molar-refractivity contribution >= 4 is 5.82 Å². The minimum Gasteiger partial charge on any atom is -0.496 e. The third kappa shape index (κ3) is 3.00. The van der Waals surface area contributed by atoms with Crippen LogP contribution in [0.3, 0.4) is 0 Å². The van der Waals surface area contributed by atoms with Crippen molar-refractivity contribution in [3.05, 3.63) is 36.2 Å². The molecule has 0 spiro atoms. The van der Waals surface area contributed by atoms with Crippen LogP contribution in [-0.2, 0) is 11.3 Å². The van der Waals surface area contributed by atoms with Crippen molar-refractivity contribution in [2.24, 2.45) is 0 Å². The number of methoxy groups -OCH3 is 2. The first-order chi connectivity index (χ1) is 9.28. The Bertz CT molecular complexity index is 558. The van der Waals surface area contributed by atoms with E-state index >= 15 is 0 Å². The van der Waals surface area contributed by atoms with Crippen LogP contribution in [0.4, 0.5) is 5.82 Å². The fourth-order valence-corrected chi connectivity index (χ4v) is 1.81. The molecule has 1 aromatic heterocycles. The third-order valence-corrected chi connectivity index (χ3v) is 2.68. The maximum absolute atomic E-state index is 5.36. The normalized spacial score (nSPS) is 10.3. The summed E-state index contributed by atoms with van der Waals surface area (Å²) in [6, 6.07) is 9.65. The van der Waals surface area contributed by atoms with E-state index in [1.54, 1.807) is 14.2 Å². The number of para-hydroxylation sites is 1. The van der Waals surface area contributed by atoms with Gasteiger partial charge in [-0.05, 0) is 12.1 Å². The lowest BCUT2D eigenvalue weighted by atomic mass is 10.1. The number of nitrogens with zero attached hydrogens (tertiary/aromatic N) is 2. The van der Waals surface area contributed by atoms with Crippen molar-refractivity contribution in [1.82, 2.24) is 9.97 Å². The Kier molecular flexibility index (Phi) is 4.30. The number of benzene rings is 1. The molecule has 0 aliphatic carbocycles. The van der Waals surface area contributed by atoms with Crippen molar-refractivity contribution < 1.29 is 9.47 Å². The van der Waals surface area contributed by atoms with Crippen LogP contribution in [0.5, 0.6) is 5.75 Å². The molecule has 0 atom stereocenters. The Morgan fingerprint density at radius 3 is 2.63 bits per heavy atom. The van der Waals surface area contributed by atoms with E-state index in [-0.39, 0.29) is 0 Å². The maximum Gasteiger partial charge on any atom is 0.157 e. The Morgan fingerprint density at radius 2 is 1.95 bits per heavy atom. The second-order valence-electron chi connectivity index (χ2n) is 3.94. The molecule has 100 valence electrons. The SMILES string of the molecule is CNc1cc(-c2ccccc2OC)nc(COC)n1. The van der Waals surface area contributed by atoms with E-state index in [4.69, 9.17) is 9.47 Å². The highest BCUT2D eigenvalue weighted by molar-refractivity contribution is 5.69. The molecule has 0 amide bonds. The van der Waals surface area contributed by atoms with Crippen LogP contribution < -0.4 is 10.1 Å².